The summed E-state index contributed by atoms with van der Waals surface area (Å²) in [5.74, 6) is 0.421. The Hall–Kier alpha value is -2.05. The fourth-order valence-electron chi connectivity index (χ4n) is 3.09. The van der Waals surface area contributed by atoms with Crippen molar-refractivity contribution in [1.82, 2.24) is 0 Å². The van der Waals surface area contributed by atoms with E-state index in [4.69, 9.17) is 4.74 Å². The van der Waals surface area contributed by atoms with E-state index in [0.717, 1.165) is 35.8 Å². The molecule has 0 spiro atoms. The van der Waals surface area contributed by atoms with Crippen LogP contribution in [0.3, 0.4) is 0 Å². The Balaban J connectivity index is 0.00000320. The number of carbonyl (C=O) groups excluding carboxylic acids is 1. The molecule has 0 aliphatic carbocycles. The Morgan fingerprint density at radius 3 is 1.93 bits per heavy atom. The summed E-state index contributed by atoms with van der Waals surface area (Å²) in [6.45, 7) is 5.51. The zero-order valence-corrected chi connectivity index (χ0v) is 20.8. The fraction of sp³-hybridized carbons (Fsp3) is 0.208. The first kappa shape index (κ1) is 24.2. The van der Waals surface area contributed by atoms with Gasteiger partial charge in [-0.15, -0.1) is 0 Å². The molecule has 0 bridgehead atoms. The van der Waals surface area contributed by atoms with Gasteiger partial charge in [-0.3, -0.25) is 0 Å². The maximum atomic E-state index is 11.1. The zero-order valence-electron chi connectivity index (χ0n) is 17.8. The number of hydrogen-bond acceptors (Lipinski definition) is 4. The van der Waals surface area contributed by atoms with Gasteiger partial charge in [-0.25, -0.2) is 0 Å². The Labute approximate surface area is 202 Å². The molecule has 0 aliphatic heterocycles. The molecule has 0 unspecified atom stereocenters. The maximum Gasteiger partial charge on any atom is 1.00 e. The Kier molecular flexibility index (Phi) is 9.66. The first-order chi connectivity index (χ1) is 14.0. The smallest absolute Gasteiger partial charge is 0.545 e. The van der Waals surface area contributed by atoms with Crippen molar-refractivity contribution in [3.8, 4) is 11.5 Å². The number of carbonyl (C=O) groups is 1. The largest absolute Gasteiger partial charge is 1.00 e. The van der Waals surface area contributed by atoms with Crippen molar-refractivity contribution in [3.05, 3.63) is 84.4 Å². The van der Waals surface area contributed by atoms with E-state index in [1.165, 1.54) is 6.04 Å². The third kappa shape index (κ3) is 7.02. The van der Waals surface area contributed by atoms with Crippen LogP contribution in [0.25, 0.3) is 0 Å². The number of carboxylic acids is 1. The summed E-state index contributed by atoms with van der Waals surface area (Å²) in [6, 6.07) is 25.8. The Morgan fingerprint density at radius 1 is 0.867 bits per heavy atom. The van der Waals surface area contributed by atoms with Crippen LogP contribution in [0.1, 0.15) is 16.8 Å². The molecule has 0 aromatic heterocycles. The van der Waals surface area contributed by atoms with Gasteiger partial charge in [0, 0.05) is 26.7 Å². The van der Waals surface area contributed by atoms with Crippen LogP contribution in [0.15, 0.2) is 78.9 Å². The van der Waals surface area contributed by atoms with Crippen LogP contribution in [0.4, 0.5) is 11.4 Å². The van der Waals surface area contributed by atoms with E-state index in [-0.39, 0.29) is 43.9 Å². The Morgan fingerprint density at radius 2 is 1.40 bits per heavy atom. The van der Waals surface area contributed by atoms with Gasteiger partial charge < -0.3 is 19.5 Å². The summed E-state index contributed by atoms with van der Waals surface area (Å²) in [5.41, 5.74) is 2.20. The van der Waals surface area contributed by atoms with Gasteiger partial charge in [0.25, 0.3) is 0 Å². The summed E-state index contributed by atoms with van der Waals surface area (Å²) in [4.78, 5) is 13.3. The second kappa shape index (κ2) is 12.0. The van der Waals surface area contributed by atoms with Crippen molar-refractivity contribution in [2.75, 3.05) is 11.4 Å². The predicted molar refractivity (Wildman–Crippen MR) is 118 cm³/mol. The van der Waals surface area contributed by atoms with Crippen LogP contribution in [-0.2, 0) is 0 Å². The minimum Gasteiger partial charge on any atom is -0.545 e. The molecule has 0 fully saturated rings. The van der Waals surface area contributed by atoms with E-state index in [0.29, 0.717) is 0 Å². The van der Waals surface area contributed by atoms with Gasteiger partial charge in [0.2, 0.25) is 0 Å². The minimum atomic E-state index is -1.16. The first-order valence-corrected chi connectivity index (χ1v) is 12.4. The summed E-state index contributed by atoms with van der Waals surface area (Å²) >= 11 is 0. The van der Waals surface area contributed by atoms with Crippen molar-refractivity contribution in [3.63, 3.8) is 0 Å². The quantitative estimate of drug-likeness (QED) is 0.492. The SMILES string of the molecule is C[Si](C)CCCN(c1ccc(Oc2ccccc2)cc1)c1ccc(C(=O)[O-])cc1.[Na+]. The third-order valence-electron chi connectivity index (χ3n) is 4.60. The molecule has 0 aliphatic rings. The molecule has 0 amide bonds. The summed E-state index contributed by atoms with van der Waals surface area (Å²) < 4.78 is 5.89. The van der Waals surface area contributed by atoms with Gasteiger partial charge in [-0.2, -0.15) is 0 Å². The summed E-state index contributed by atoms with van der Waals surface area (Å²) in [6.07, 6.45) is 1.09. The van der Waals surface area contributed by atoms with Gasteiger partial charge in [0.05, 0.1) is 5.97 Å². The van der Waals surface area contributed by atoms with Crippen LogP contribution in [0.2, 0.25) is 19.1 Å². The minimum absolute atomic E-state index is 0. The van der Waals surface area contributed by atoms with Gasteiger partial charge >= 0.3 is 29.6 Å². The van der Waals surface area contributed by atoms with E-state index < -0.39 is 5.97 Å². The molecule has 0 heterocycles. The molecule has 3 aromatic rings. The molecule has 3 rings (SSSR count). The summed E-state index contributed by atoms with van der Waals surface area (Å²) in [7, 11) is -0.284. The molecule has 3 aromatic carbocycles. The van der Waals surface area contributed by atoms with E-state index in [1.807, 2.05) is 66.7 Å². The molecule has 0 saturated carbocycles. The van der Waals surface area contributed by atoms with Crippen LogP contribution < -0.4 is 44.3 Å². The number of benzene rings is 3. The van der Waals surface area contributed by atoms with E-state index in [9.17, 15) is 9.90 Å². The van der Waals surface area contributed by atoms with Crippen molar-refractivity contribution in [1.29, 1.82) is 0 Å². The number of para-hydroxylation sites is 1. The van der Waals surface area contributed by atoms with E-state index >= 15 is 0 Å². The first-order valence-electron chi connectivity index (χ1n) is 9.74. The van der Waals surface area contributed by atoms with Crippen molar-refractivity contribution < 1.29 is 44.2 Å². The molecule has 1 radical (unpaired) electrons. The average molecular weight is 427 g/mol. The van der Waals surface area contributed by atoms with Crippen LogP contribution in [0, 0.1) is 0 Å². The zero-order chi connectivity index (χ0) is 20.6. The third-order valence-corrected chi connectivity index (χ3v) is 5.95. The monoisotopic (exact) mass is 426 g/mol. The standard InChI is InChI=1S/C24H26NO3Si.Na/c1-29(2)18-6-17-25(20-11-9-19(10-12-20)24(26)27)21-13-15-23(16-14-21)28-22-7-4-3-5-8-22;/h3-5,7-16H,6,17-18H2,1-2H3,(H,26,27);/q;+1/p-1. The number of rotatable bonds is 9. The van der Waals surface area contributed by atoms with Gasteiger partial charge in [0.15, 0.2) is 0 Å². The average Bonchev–Trinajstić information content (AvgIpc) is 2.73. The molecule has 30 heavy (non-hydrogen) atoms. The molecule has 0 saturated heterocycles. The molecule has 149 valence electrons. The molecular formula is C24H25NNaO3Si. The van der Waals surface area contributed by atoms with Gasteiger partial charge in [0.1, 0.15) is 11.5 Å². The molecule has 0 atom stereocenters. The molecule has 4 nitrogen and oxygen atoms in total. The van der Waals surface area contributed by atoms with Crippen molar-refractivity contribution >= 4 is 26.1 Å². The van der Waals surface area contributed by atoms with Crippen molar-refractivity contribution in [2.45, 2.75) is 25.6 Å². The number of aromatic carboxylic acids is 1. The number of hydrogen-bond donors (Lipinski definition) is 0. The molecule has 6 heteroatoms. The predicted octanol–water partition coefficient (Wildman–Crippen LogP) is 2.13. The van der Waals surface area contributed by atoms with Crippen LogP contribution in [0.5, 0.6) is 11.5 Å². The molecule has 0 N–H and O–H groups in total. The van der Waals surface area contributed by atoms with E-state index in [2.05, 4.69) is 18.0 Å². The normalized spacial score (nSPS) is 10.4. The number of anilines is 2. The topological polar surface area (TPSA) is 52.6 Å². The van der Waals surface area contributed by atoms with Gasteiger partial charge in [-0.05, 0) is 60.5 Å². The second-order valence-electron chi connectivity index (χ2n) is 7.21. The number of ether oxygens (including phenoxy) is 1. The summed E-state index contributed by atoms with van der Waals surface area (Å²) in [5, 5.41) is 11.1. The Bertz CT molecular complexity index is 915. The van der Waals surface area contributed by atoms with Crippen LogP contribution in [-0.4, -0.2) is 21.3 Å². The van der Waals surface area contributed by atoms with Crippen molar-refractivity contribution in [2.24, 2.45) is 0 Å². The fourth-order valence-corrected chi connectivity index (χ4v) is 3.96. The second-order valence-corrected chi connectivity index (χ2v) is 10.1. The number of nitrogens with zero attached hydrogens (tertiary/aromatic N) is 1. The van der Waals surface area contributed by atoms with Gasteiger partial charge in [-0.1, -0.05) is 49.5 Å². The molecular weight excluding hydrogens is 401 g/mol. The van der Waals surface area contributed by atoms with Crippen LogP contribution >= 0.6 is 0 Å². The maximum absolute atomic E-state index is 11.1. The van der Waals surface area contributed by atoms with E-state index in [1.54, 1.807) is 12.1 Å². The number of carboxylic acid groups (broad SMARTS) is 1.